The average Bonchev–Trinajstić information content (AvgIpc) is 3.21. The molecule has 0 atom stereocenters. The Morgan fingerprint density at radius 3 is 2.34 bits per heavy atom. The number of anilines is 1. The second kappa shape index (κ2) is 10.0. The molecule has 6 heteroatoms. The van der Waals surface area contributed by atoms with E-state index in [2.05, 4.69) is 26.0 Å². The van der Waals surface area contributed by atoms with Gasteiger partial charge in [0.2, 0.25) is 0 Å². The van der Waals surface area contributed by atoms with E-state index >= 15 is 0 Å². The lowest BCUT2D eigenvalue weighted by molar-refractivity contribution is -0.141. The van der Waals surface area contributed by atoms with Crippen LogP contribution in [0.25, 0.3) is 6.08 Å². The molecule has 0 saturated heterocycles. The number of hydrogen-bond acceptors (Lipinski definition) is 5. The van der Waals surface area contributed by atoms with Crippen LogP contribution in [0.5, 0.6) is 5.75 Å². The highest BCUT2D eigenvalue weighted by atomic mass is 32.2. The normalized spacial score (nSPS) is 28.9. The van der Waals surface area contributed by atoms with Gasteiger partial charge in [-0.25, -0.2) is 4.99 Å². The van der Waals surface area contributed by atoms with E-state index in [1.165, 1.54) is 36.6 Å². The smallest absolute Gasteiger partial charge is 0.283 e. The fourth-order valence-electron chi connectivity index (χ4n) is 7.44. The third-order valence-corrected chi connectivity index (χ3v) is 9.95. The van der Waals surface area contributed by atoms with Crippen molar-refractivity contribution in [1.82, 2.24) is 0 Å². The second-order valence-electron chi connectivity index (χ2n) is 12.0. The molecule has 1 aliphatic heterocycles. The molecule has 0 radical (unpaired) electrons. The zero-order valence-electron chi connectivity index (χ0n) is 22.5. The summed E-state index contributed by atoms with van der Waals surface area (Å²) < 4.78 is 5.42. The van der Waals surface area contributed by atoms with Gasteiger partial charge in [0.25, 0.3) is 5.91 Å². The minimum absolute atomic E-state index is 0.150. The third-order valence-electron chi connectivity index (χ3n) is 9.01. The standard InChI is InChI=1S/C32H36N2O3S/c1-20(2)25-9-7-21(8-10-25)14-28-30(36)34(26-5-4-6-27(15-26)37-3)31(33-28)38-19-29(35)32-16-22-11-23(17-32)13-24(12-22)18-32/h4-10,14-15,20,22-24H,11-13,16-19H2,1-3H3/b28-14-. The molecule has 4 fully saturated rings. The first kappa shape index (κ1) is 25.4. The number of hydrogen-bond donors (Lipinski definition) is 0. The number of carbonyl (C=O) groups is 2. The van der Waals surface area contributed by atoms with Gasteiger partial charge in [-0.15, -0.1) is 0 Å². The van der Waals surface area contributed by atoms with E-state index in [1.807, 2.05) is 42.5 Å². The van der Waals surface area contributed by atoms with Crippen LogP contribution in [-0.2, 0) is 9.59 Å². The number of amidine groups is 1. The molecule has 0 unspecified atom stereocenters. The Balaban J connectivity index is 1.27. The van der Waals surface area contributed by atoms with Crippen molar-refractivity contribution in [2.45, 2.75) is 58.3 Å². The lowest BCUT2D eigenvalue weighted by Crippen LogP contribution is -2.50. The highest BCUT2D eigenvalue weighted by Gasteiger charge is 2.54. The fraction of sp³-hybridized carbons (Fsp3) is 0.469. The molecule has 38 heavy (non-hydrogen) atoms. The molecule has 0 aromatic heterocycles. The van der Waals surface area contributed by atoms with E-state index < -0.39 is 0 Å². The summed E-state index contributed by atoms with van der Waals surface area (Å²) in [5.41, 5.74) is 3.12. The fourth-order valence-corrected chi connectivity index (χ4v) is 8.49. The molecule has 4 bridgehead atoms. The molecular formula is C32H36N2O3S. The Bertz CT molecular complexity index is 1270. The van der Waals surface area contributed by atoms with Gasteiger partial charge in [-0.2, -0.15) is 0 Å². The number of benzene rings is 2. The number of aliphatic imine (C=N–C) groups is 1. The molecule has 5 aliphatic rings. The van der Waals surface area contributed by atoms with E-state index in [0.717, 1.165) is 42.6 Å². The predicted molar refractivity (Wildman–Crippen MR) is 154 cm³/mol. The first-order chi connectivity index (χ1) is 18.3. The average molecular weight is 529 g/mol. The van der Waals surface area contributed by atoms with E-state index in [4.69, 9.17) is 9.73 Å². The topological polar surface area (TPSA) is 59.0 Å². The van der Waals surface area contributed by atoms with Crippen LogP contribution in [0.1, 0.15) is 69.4 Å². The number of ketones is 1. The van der Waals surface area contributed by atoms with Gasteiger partial charge in [0.05, 0.1) is 18.6 Å². The molecular weight excluding hydrogens is 492 g/mol. The van der Waals surface area contributed by atoms with Crippen molar-refractivity contribution in [3.05, 3.63) is 65.4 Å². The number of Topliss-reactive ketones (excluding diaryl/α,β-unsaturated/α-hetero) is 1. The molecule has 0 spiro atoms. The summed E-state index contributed by atoms with van der Waals surface area (Å²) in [6, 6.07) is 15.7. The van der Waals surface area contributed by atoms with E-state index in [-0.39, 0.29) is 11.3 Å². The van der Waals surface area contributed by atoms with Gasteiger partial charge >= 0.3 is 0 Å². The van der Waals surface area contributed by atoms with Crippen LogP contribution in [0.15, 0.2) is 59.2 Å². The third kappa shape index (κ3) is 4.72. The zero-order valence-corrected chi connectivity index (χ0v) is 23.3. The van der Waals surface area contributed by atoms with Crippen LogP contribution < -0.4 is 9.64 Å². The maximum absolute atomic E-state index is 13.7. The summed E-state index contributed by atoms with van der Waals surface area (Å²) in [4.78, 5) is 33.8. The van der Waals surface area contributed by atoms with Crippen LogP contribution >= 0.6 is 11.8 Å². The predicted octanol–water partition coefficient (Wildman–Crippen LogP) is 7.08. The van der Waals surface area contributed by atoms with Gasteiger partial charge in [-0.05, 0) is 91.5 Å². The zero-order chi connectivity index (χ0) is 26.4. The van der Waals surface area contributed by atoms with Crippen molar-refractivity contribution in [1.29, 1.82) is 0 Å². The number of rotatable bonds is 7. The first-order valence-corrected chi connectivity index (χ1v) is 14.9. The minimum atomic E-state index is -0.184. The molecule has 0 N–H and O–H groups in total. The molecule has 2 aromatic rings. The van der Waals surface area contributed by atoms with Crippen LogP contribution in [0.2, 0.25) is 0 Å². The summed E-state index contributed by atoms with van der Waals surface area (Å²) in [6.07, 6.45) is 8.96. The molecule has 5 nitrogen and oxygen atoms in total. The number of nitrogens with zero attached hydrogens (tertiary/aromatic N) is 2. The van der Waals surface area contributed by atoms with Gasteiger partial charge in [0, 0.05) is 11.5 Å². The van der Waals surface area contributed by atoms with Crippen molar-refractivity contribution in [3.63, 3.8) is 0 Å². The van der Waals surface area contributed by atoms with Crippen molar-refractivity contribution in [2.75, 3.05) is 17.8 Å². The highest BCUT2D eigenvalue weighted by molar-refractivity contribution is 8.14. The van der Waals surface area contributed by atoms with E-state index in [0.29, 0.717) is 39.8 Å². The number of thioether (sulfide) groups is 1. The Kier molecular flexibility index (Phi) is 6.71. The van der Waals surface area contributed by atoms with Gasteiger partial charge in [0.15, 0.2) is 5.17 Å². The Morgan fingerprint density at radius 1 is 1.08 bits per heavy atom. The summed E-state index contributed by atoms with van der Waals surface area (Å²) in [6.45, 7) is 4.33. The summed E-state index contributed by atoms with van der Waals surface area (Å²) >= 11 is 1.41. The summed E-state index contributed by atoms with van der Waals surface area (Å²) in [7, 11) is 1.62. The summed E-state index contributed by atoms with van der Waals surface area (Å²) in [5, 5.41) is 0.561. The van der Waals surface area contributed by atoms with Crippen molar-refractivity contribution < 1.29 is 14.3 Å². The quantitative estimate of drug-likeness (QED) is 0.360. The number of carbonyl (C=O) groups excluding carboxylic acids is 2. The van der Waals surface area contributed by atoms with Gasteiger partial charge in [0.1, 0.15) is 17.2 Å². The summed E-state index contributed by atoms with van der Waals surface area (Å²) in [5.74, 6) is 3.82. The lowest BCUT2D eigenvalue weighted by Gasteiger charge is -2.56. The maximum Gasteiger partial charge on any atom is 0.283 e. The van der Waals surface area contributed by atoms with Gasteiger partial charge in [-0.3, -0.25) is 14.5 Å². The van der Waals surface area contributed by atoms with Crippen LogP contribution in [0, 0.1) is 23.2 Å². The second-order valence-corrected chi connectivity index (χ2v) is 12.9. The Hall–Kier alpha value is -2.86. The number of ether oxygens (including phenoxy) is 1. The first-order valence-electron chi connectivity index (χ1n) is 13.9. The number of methoxy groups -OCH3 is 1. The van der Waals surface area contributed by atoms with Crippen LogP contribution in [0.3, 0.4) is 0 Å². The van der Waals surface area contributed by atoms with Crippen molar-refractivity contribution in [3.8, 4) is 5.75 Å². The number of amides is 1. The molecule has 7 rings (SSSR count). The highest BCUT2D eigenvalue weighted by Crippen LogP contribution is 2.60. The maximum atomic E-state index is 13.7. The van der Waals surface area contributed by atoms with Gasteiger partial charge in [-0.1, -0.05) is 55.9 Å². The van der Waals surface area contributed by atoms with Crippen molar-refractivity contribution >= 4 is 40.4 Å². The molecule has 4 saturated carbocycles. The molecule has 1 heterocycles. The lowest BCUT2D eigenvalue weighted by atomic mass is 9.48. The Morgan fingerprint density at radius 2 is 1.74 bits per heavy atom. The molecule has 1 amide bonds. The van der Waals surface area contributed by atoms with E-state index in [9.17, 15) is 9.59 Å². The molecule has 198 valence electrons. The van der Waals surface area contributed by atoms with Crippen molar-refractivity contribution in [2.24, 2.45) is 28.2 Å². The monoisotopic (exact) mass is 528 g/mol. The van der Waals surface area contributed by atoms with Crippen LogP contribution in [0.4, 0.5) is 5.69 Å². The van der Waals surface area contributed by atoms with E-state index in [1.54, 1.807) is 12.0 Å². The minimum Gasteiger partial charge on any atom is -0.497 e. The molecule has 4 aliphatic carbocycles. The SMILES string of the molecule is COc1cccc(N2C(=O)/C(=C/c3ccc(C(C)C)cc3)N=C2SCC(=O)C23CC4CC(CC(C4)C2)C3)c1. The largest absolute Gasteiger partial charge is 0.497 e. The Labute approximate surface area is 229 Å². The molecule has 2 aromatic carbocycles. The van der Waals surface area contributed by atoms with Crippen LogP contribution in [-0.4, -0.2) is 29.7 Å². The van der Waals surface area contributed by atoms with Gasteiger partial charge < -0.3 is 4.74 Å².